The largest absolute Gasteiger partial charge is 0.480 e. The molecule has 11 nitrogen and oxygen atoms in total. The molecule has 0 aliphatic carbocycles. The molecular formula is C27H32FN7O4. The maximum Gasteiger partial charge on any atom is 0.326 e. The van der Waals surface area contributed by atoms with E-state index in [0.717, 1.165) is 42.9 Å². The number of aliphatic hydroxyl groups is 1. The monoisotopic (exact) mass is 537 g/mol. The summed E-state index contributed by atoms with van der Waals surface area (Å²) in [7, 11) is 2.12. The molecule has 2 aliphatic heterocycles. The second-order valence-electron chi connectivity index (χ2n) is 10.2. The molecule has 4 heterocycles. The van der Waals surface area contributed by atoms with Crippen LogP contribution in [0.1, 0.15) is 13.3 Å². The van der Waals surface area contributed by atoms with Gasteiger partial charge in [0.05, 0.1) is 33.7 Å². The second kappa shape index (κ2) is 10.3. The number of piperazine rings is 1. The fraction of sp³-hybridized carbons (Fsp3) is 0.370. The summed E-state index contributed by atoms with van der Waals surface area (Å²) in [5.74, 6) is -1.14. The van der Waals surface area contributed by atoms with Crippen molar-refractivity contribution < 1.29 is 19.4 Å². The number of aliphatic hydroxyl groups excluding tert-OH is 1. The molecular weight excluding hydrogens is 505 g/mol. The van der Waals surface area contributed by atoms with E-state index >= 15 is 0 Å². The summed E-state index contributed by atoms with van der Waals surface area (Å²) < 4.78 is 14.3. The van der Waals surface area contributed by atoms with Crippen molar-refractivity contribution >= 4 is 39.3 Å². The maximum atomic E-state index is 14.3. The number of hydrogen-bond donors (Lipinski definition) is 6. The quantitative estimate of drug-likeness (QED) is 0.228. The number of likely N-dealkylation sites (N-methyl/N-ethyl adjacent to an activating group) is 1. The van der Waals surface area contributed by atoms with Gasteiger partial charge in [-0.25, -0.2) is 9.37 Å². The first-order valence-corrected chi connectivity index (χ1v) is 12.8. The van der Waals surface area contributed by atoms with Crippen LogP contribution in [0.4, 0.5) is 15.8 Å². The van der Waals surface area contributed by atoms with Crippen LogP contribution < -0.4 is 21.5 Å². The van der Waals surface area contributed by atoms with Gasteiger partial charge in [-0.1, -0.05) is 6.07 Å². The van der Waals surface area contributed by atoms with Gasteiger partial charge in [0.15, 0.2) is 0 Å². The first-order chi connectivity index (χ1) is 18.6. The average molecular weight is 538 g/mol. The van der Waals surface area contributed by atoms with Crippen molar-refractivity contribution in [2.24, 2.45) is 0 Å². The molecule has 12 heteroatoms. The smallest absolute Gasteiger partial charge is 0.326 e. The lowest BCUT2D eigenvalue weighted by atomic mass is 9.98. The van der Waals surface area contributed by atoms with Gasteiger partial charge in [0, 0.05) is 31.9 Å². The van der Waals surface area contributed by atoms with Crippen LogP contribution in [0.15, 0.2) is 41.2 Å². The lowest BCUT2D eigenvalue weighted by molar-refractivity contribution is -0.147. The van der Waals surface area contributed by atoms with Crippen molar-refractivity contribution in [2.75, 3.05) is 50.4 Å². The third kappa shape index (κ3) is 4.93. The number of carbonyl (C=O) groups is 1. The van der Waals surface area contributed by atoms with Crippen LogP contribution in [0.25, 0.3) is 33.3 Å². The number of halogens is 1. The zero-order valence-electron chi connectivity index (χ0n) is 21.8. The number of nitrogens with two attached hydrogens (primary N) is 1. The minimum atomic E-state index is -1.12. The predicted molar refractivity (Wildman–Crippen MR) is 148 cm³/mol. The molecule has 4 aromatic rings. The molecule has 0 saturated carbocycles. The van der Waals surface area contributed by atoms with E-state index in [1.165, 1.54) is 19.1 Å². The van der Waals surface area contributed by atoms with Gasteiger partial charge in [0.1, 0.15) is 22.7 Å². The highest BCUT2D eigenvalue weighted by Gasteiger charge is 2.44. The molecule has 2 atom stereocenters. The van der Waals surface area contributed by atoms with E-state index in [-0.39, 0.29) is 16.6 Å². The normalized spacial score (nSPS) is 21.7. The number of nitrogens with zero attached hydrogens (tertiary/aromatic N) is 3. The molecule has 7 N–H and O–H groups in total. The molecule has 0 amide bonds. The number of pyridine rings is 1. The van der Waals surface area contributed by atoms with E-state index in [4.69, 9.17) is 10.8 Å². The Morgan fingerprint density at radius 1 is 1.15 bits per heavy atom. The summed E-state index contributed by atoms with van der Waals surface area (Å²) >= 11 is 0. The third-order valence-electron chi connectivity index (χ3n) is 7.62. The van der Waals surface area contributed by atoms with E-state index < -0.39 is 29.0 Å². The number of carboxylic acids is 1. The summed E-state index contributed by atoms with van der Waals surface area (Å²) in [5.41, 5.74) is 7.91. The summed E-state index contributed by atoms with van der Waals surface area (Å²) in [6.45, 7) is 6.01. The number of benzene rings is 2. The van der Waals surface area contributed by atoms with E-state index in [1.54, 1.807) is 6.07 Å². The van der Waals surface area contributed by atoms with Gasteiger partial charge in [-0.05, 0) is 57.3 Å². The number of rotatable bonds is 3. The van der Waals surface area contributed by atoms with E-state index in [0.29, 0.717) is 24.3 Å². The number of H-pyrrole nitrogens is 2. The fourth-order valence-corrected chi connectivity index (χ4v) is 5.04. The molecule has 0 bridgehead atoms. The molecule has 206 valence electrons. The van der Waals surface area contributed by atoms with Crippen LogP contribution >= 0.6 is 0 Å². The number of imidazole rings is 1. The van der Waals surface area contributed by atoms with Crippen molar-refractivity contribution in [1.29, 1.82) is 0 Å². The summed E-state index contributed by atoms with van der Waals surface area (Å²) in [6, 6.07) is 10.5. The van der Waals surface area contributed by atoms with Crippen molar-refractivity contribution in [1.82, 2.24) is 25.2 Å². The van der Waals surface area contributed by atoms with E-state index in [2.05, 4.69) is 37.1 Å². The Labute approximate surface area is 223 Å². The summed E-state index contributed by atoms with van der Waals surface area (Å²) in [6.07, 6.45) is -0.243. The average Bonchev–Trinajstić information content (AvgIpc) is 3.47. The Hall–Kier alpha value is -4.00. The number of nitrogens with one attached hydrogen (secondary N) is 3. The number of aromatic nitrogens is 3. The lowest BCUT2D eigenvalue weighted by Gasteiger charge is -2.34. The van der Waals surface area contributed by atoms with Crippen molar-refractivity contribution in [3.63, 3.8) is 0 Å². The molecule has 39 heavy (non-hydrogen) atoms. The second-order valence-corrected chi connectivity index (χ2v) is 10.2. The van der Waals surface area contributed by atoms with Gasteiger partial charge in [-0.2, -0.15) is 0 Å². The molecule has 2 aromatic heterocycles. The van der Waals surface area contributed by atoms with Crippen molar-refractivity contribution in [3.8, 4) is 11.4 Å². The van der Waals surface area contributed by atoms with Crippen LogP contribution in [0.3, 0.4) is 0 Å². The third-order valence-corrected chi connectivity index (χ3v) is 7.62. The molecule has 0 radical (unpaired) electrons. The minimum absolute atomic E-state index is 0.0835. The molecule has 2 aliphatic rings. The van der Waals surface area contributed by atoms with Crippen LogP contribution in [0, 0.1) is 5.82 Å². The molecule has 0 spiro atoms. The molecule has 6 rings (SSSR count). The number of aromatic amines is 2. The fourth-order valence-electron chi connectivity index (χ4n) is 5.04. The van der Waals surface area contributed by atoms with Gasteiger partial charge in [0.2, 0.25) is 0 Å². The summed E-state index contributed by atoms with van der Waals surface area (Å²) in [4.78, 5) is 38.2. The first-order valence-electron chi connectivity index (χ1n) is 12.8. The highest BCUT2D eigenvalue weighted by molar-refractivity contribution is 5.98. The minimum Gasteiger partial charge on any atom is -0.480 e. The van der Waals surface area contributed by atoms with Crippen LogP contribution in [0.5, 0.6) is 0 Å². The number of anilines is 2. The Balaban J connectivity index is 0.000000261. The van der Waals surface area contributed by atoms with Crippen LogP contribution in [-0.4, -0.2) is 87.4 Å². The maximum absolute atomic E-state index is 14.3. The summed E-state index contributed by atoms with van der Waals surface area (Å²) in [5, 5.41) is 20.7. The zero-order valence-corrected chi connectivity index (χ0v) is 21.8. The van der Waals surface area contributed by atoms with Gasteiger partial charge in [-0.15, -0.1) is 0 Å². The van der Waals surface area contributed by atoms with Gasteiger partial charge in [0.25, 0.3) is 5.56 Å². The predicted octanol–water partition coefficient (Wildman–Crippen LogP) is 1.73. The van der Waals surface area contributed by atoms with Crippen LogP contribution in [-0.2, 0) is 4.79 Å². The number of hydrogen-bond acceptors (Lipinski definition) is 8. The Bertz CT molecular complexity index is 1590. The Morgan fingerprint density at radius 2 is 1.90 bits per heavy atom. The van der Waals surface area contributed by atoms with Crippen molar-refractivity contribution in [2.45, 2.75) is 25.0 Å². The lowest BCUT2D eigenvalue weighted by Crippen LogP contribution is -2.51. The van der Waals surface area contributed by atoms with Gasteiger partial charge >= 0.3 is 5.97 Å². The van der Waals surface area contributed by atoms with Crippen molar-refractivity contribution in [3.05, 3.63) is 52.6 Å². The molecule has 2 saturated heterocycles. The SMILES string of the molecule is CN1CCN(c2ccc3nc(-c4c(N)c5c(F)cccc5[nH]c4=O)[nH]c3c2)CC1.C[C@@]1(C(=O)O)NCCC1O. The molecule has 1 unspecified atom stereocenters. The number of fused-ring (bicyclic) bond motifs is 2. The van der Waals surface area contributed by atoms with E-state index in [9.17, 15) is 19.1 Å². The number of nitrogen functional groups attached to an aromatic ring is 1. The number of aliphatic carboxylic acids is 1. The van der Waals surface area contributed by atoms with E-state index in [1.807, 2.05) is 18.2 Å². The highest BCUT2D eigenvalue weighted by atomic mass is 19.1. The Kier molecular flexibility index (Phi) is 7.02. The number of carboxylic acid groups (broad SMARTS) is 1. The topological polar surface area (TPSA) is 164 Å². The van der Waals surface area contributed by atoms with Gasteiger partial charge < -0.3 is 35.7 Å². The first kappa shape index (κ1) is 26.6. The highest BCUT2D eigenvalue weighted by Crippen LogP contribution is 2.31. The zero-order chi connectivity index (χ0) is 27.9. The Morgan fingerprint density at radius 3 is 2.54 bits per heavy atom. The standard InChI is InChI=1S/C21H21FN6O.C6H11NO3/c1-27-7-9-28(10-8-27)12-5-6-14-16(11-12)25-20(24-14)18-19(23)17-13(22)3-2-4-15(17)26-21(18)29;1-6(5(9)10)4(8)2-3-7-6/h2-6,11H,7-10H2,1H3,(H,24,25)(H3,23,26,29);4,7-8H,2-3H2,1H3,(H,9,10)/t;4?,6-/m.1/s1. The molecule has 2 aromatic carbocycles. The van der Waals surface area contributed by atoms with Gasteiger partial charge in [-0.3, -0.25) is 14.9 Å². The van der Waals surface area contributed by atoms with Crippen LogP contribution in [0.2, 0.25) is 0 Å². The molecule has 2 fully saturated rings.